The first-order valence-corrected chi connectivity index (χ1v) is 13.5. The molecule has 7 nitrogen and oxygen atoms in total. The zero-order valence-corrected chi connectivity index (χ0v) is 21.5. The van der Waals surface area contributed by atoms with E-state index in [0.29, 0.717) is 24.8 Å². The molecule has 3 aromatic rings. The van der Waals surface area contributed by atoms with Crippen molar-refractivity contribution in [3.05, 3.63) is 53.6 Å². The number of rotatable bonds is 4. The molecule has 194 valence electrons. The number of amides is 1. The topological polar surface area (TPSA) is 81.0 Å². The molecule has 2 aromatic carbocycles. The van der Waals surface area contributed by atoms with Gasteiger partial charge >= 0.3 is 5.97 Å². The second-order valence-corrected chi connectivity index (χ2v) is 10.8. The minimum atomic E-state index is -1.02. The van der Waals surface area contributed by atoms with Crippen LogP contribution in [0.1, 0.15) is 73.8 Å². The summed E-state index contributed by atoms with van der Waals surface area (Å²) in [7, 11) is 0. The van der Waals surface area contributed by atoms with Gasteiger partial charge in [-0.1, -0.05) is 55.7 Å². The van der Waals surface area contributed by atoms with Gasteiger partial charge in [0.1, 0.15) is 18.2 Å². The SMILES string of the molecule is C[C@@H]1CN(C(=O)C2COc3c(C(=O)O)ccc4c(C5CCCCC5)c(-c5ccccc5)n2c34)C[C@H](C)O1. The van der Waals surface area contributed by atoms with E-state index in [0.717, 1.165) is 35.0 Å². The van der Waals surface area contributed by atoms with Crippen molar-refractivity contribution >= 4 is 22.8 Å². The maximum atomic E-state index is 14.1. The van der Waals surface area contributed by atoms with Gasteiger partial charge in [0.2, 0.25) is 5.91 Å². The van der Waals surface area contributed by atoms with Crippen molar-refractivity contribution < 1.29 is 24.2 Å². The Kier molecular flexibility index (Phi) is 6.19. The van der Waals surface area contributed by atoms with Gasteiger partial charge in [-0.2, -0.15) is 0 Å². The van der Waals surface area contributed by atoms with E-state index in [1.54, 1.807) is 6.07 Å². The van der Waals surface area contributed by atoms with Crippen LogP contribution in [0.2, 0.25) is 0 Å². The number of carbonyl (C=O) groups excluding carboxylic acids is 1. The number of nitrogens with zero attached hydrogens (tertiary/aromatic N) is 2. The largest absolute Gasteiger partial charge is 0.488 e. The summed E-state index contributed by atoms with van der Waals surface area (Å²) in [6.07, 6.45) is 5.68. The van der Waals surface area contributed by atoms with Gasteiger partial charge in [-0.3, -0.25) is 4.79 Å². The second kappa shape index (κ2) is 9.53. The predicted octanol–water partition coefficient (Wildman–Crippen LogP) is 5.62. The highest BCUT2D eigenvalue weighted by Gasteiger charge is 2.40. The molecule has 1 aromatic heterocycles. The Hall–Kier alpha value is -3.32. The fourth-order valence-electron chi connectivity index (χ4n) is 6.71. The minimum Gasteiger partial charge on any atom is -0.488 e. The monoisotopic (exact) mass is 502 g/mol. The van der Waals surface area contributed by atoms with Crippen LogP contribution in [0.4, 0.5) is 0 Å². The van der Waals surface area contributed by atoms with Crippen molar-refractivity contribution in [2.75, 3.05) is 19.7 Å². The molecule has 6 rings (SSSR count). The van der Waals surface area contributed by atoms with Gasteiger partial charge in [0, 0.05) is 18.5 Å². The van der Waals surface area contributed by atoms with Crippen LogP contribution in [-0.2, 0) is 9.53 Å². The average molecular weight is 503 g/mol. The molecule has 7 heteroatoms. The van der Waals surface area contributed by atoms with Crippen molar-refractivity contribution in [2.45, 2.75) is 70.1 Å². The van der Waals surface area contributed by atoms with Crippen LogP contribution in [-0.4, -0.2) is 58.4 Å². The number of morpholine rings is 1. The Labute approximate surface area is 217 Å². The molecular formula is C30H34N2O5. The quantitative estimate of drug-likeness (QED) is 0.501. The van der Waals surface area contributed by atoms with Crippen LogP contribution < -0.4 is 4.74 Å². The molecule has 3 atom stereocenters. The first-order chi connectivity index (χ1) is 17.9. The molecule has 3 heterocycles. The smallest absolute Gasteiger partial charge is 0.339 e. The van der Waals surface area contributed by atoms with Crippen LogP contribution in [0.3, 0.4) is 0 Å². The highest BCUT2D eigenvalue weighted by Crippen LogP contribution is 2.50. The molecule has 1 saturated carbocycles. The van der Waals surface area contributed by atoms with Crippen LogP contribution in [0.25, 0.3) is 22.2 Å². The fourth-order valence-corrected chi connectivity index (χ4v) is 6.71. The van der Waals surface area contributed by atoms with E-state index in [9.17, 15) is 14.7 Å². The Morgan fingerprint density at radius 3 is 2.32 bits per heavy atom. The lowest BCUT2D eigenvalue weighted by atomic mass is 9.81. The van der Waals surface area contributed by atoms with Gasteiger partial charge < -0.3 is 24.0 Å². The maximum Gasteiger partial charge on any atom is 0.339 e. The number of aromatic carboxylic acids is 1. The Morgan fingerprint density at radius 2 is 1.65 bits per heavy atom. The lowest BCUT2D eigenvalue weighted by Gasteiger charge is -2.38. The highest BCUT2D eigenvalue weighted by molar-refractivity contribution is 6.05. The number of hydrogen-bond donors (Lipinski definition) is 1. The molecule has 1 saturated heterocycles. The molecule has 1 amide bonds. The summed E-state index contributed by atoms with van der Waals surface area (Å²) in [6, 6.07) is 13.3. The van der Waals surface area contributed by atoms with Crippen molar-refractivity contribution in [3.63, 3.8) is 0 Å². The lowest BCUT2D eigenvalue weighted by Crippen LogP contribution is -2.51. The standard InChI is InChI=1S/C30H34N2O5/c1-18-15-31(16-19(2)37-18)29(33)24-17-36-28-23(30(34)35)14-13-22-25(20-9-5-3-6-10-20)26(32(24)27(22)28)21-11-7-4-8-12-21/h4,7-8,11-14,18-20,24H,3,5-6,9-10,15-17H2,1-2H3,(H,34,35)/t18-,19+,24?. The number of carboxylic acids is 1. The summed E-state index contributed by atoms with van der Waals surface area (Å²) in [5.41, 5.74) is 4.18. The third-order valence-corrected chi connectivity index (χ3v) is 8.16. The lowest BCUT2D eigenvalue weighted by molar-refractivity contribution is -0.147. The van der Waals surface area contributed by atoms with E-state index in [-0.39, 0.29) is 30.3 Å². The number of benzene rings is 2. The third-order valence-electron chi connectivity index (χ3n) is 8.16. The molecule has 2 fully saturated rings. The van der Waals surface area contributed by atoms with E-state index in [2.05, 4.69) is 16.7 Å². The first-order valence-electron chi connectivity index (χ1n) is 13.5. The average Bonchev–Trinajstić information content (AvgIpc) is 3.25. The summed E-state index contributed by atoms with van der Waals surface area (Å²) >= 11 is 0. The summed E-state index contributed by atoms with van der Waals surface area (Å²) in [5.74, 6) is -0.297. The molecule has 0 bridgehead atoms. The normalized spacial score (nSPS) is 24.2. The van der Waals surface area contributed by atoms with Gasteiger partial charge in [0.15, 0.2) is 5.75 Å². The Morgan fingerprint density at radius 1 is 0.946 bits per heavy atom. The van der Waals surface area contributed by atoms with Crippen LogP contribution in [0.15, 0.2) is 42.5 Å². The summed E-state index contributed by atoms with van der Waals surface area (Å²) in [4.78, 5) is 28.2. The van der Waals surface area contributed by atoms with Crippen LogP contribution in [0.5, 0.6) is 5.75 Å². The minimum absolute atomic E-state index is 0.00217. The van der Waals surface area contributed by atoms with Crippen LogP contribution >= 0.6 is 0 Å². The number of hydrogen-bond acceptors (Lipinski definition) is 4. The van der Waals surface area contributed by atoms with Crippen molar-refractivity contribution in [3.8, 4) is 17.0 Å². The summed E-state index contributed by atoms with van der Waals surface area (Å²) in [6.45, 7) is 5.15. The highest BCUT2D eigenvalue weighted by atomic mass is 16.5. The van der Waals surface area contributed by atoms with Crippen molar-refractivity contribution in [1.82, 2.24) is 9.47 Å². The molecule has 1 N–H and O–H groups in total. The van der Waals surface area contributed by atoms with Gasteiger partial charge in [-0.25, -0.2) is 4.79 Å². The number of aromatic nitrogens is 1. The second-order valence-electron chi connectivity index (χ2n) is 10.8. The molecule has 3 aliphatic rings. The van der Waals surface area contributed by atoms with Gasteiger partial charge in [0.05, 0.1) is 23.4 Å². The fraction of sp³-hybridized carbons (Fsp3) is 0.467. The first kappa shape index (κ1) is 24.0. The number of carbonyl (C=O) groups is 2. The van der Waals surface area contributed by atoms with E-state index in [1.807, 2.05) is 43.0 Å². The van der Waals surface area contributed by atoms with Gasteiger partial charge in [-0.05, 0) is 49.8 Å². The summed E-state index contributed by atoms with van der Waals surface area (Å²) < 4.78 is 14.2. The molecule has 1 unspecified atom stereocenters. The van der Waals surface area contributed by atoms with E-state index >= 15 is 0 Å². The molecule has 1 aliphatic carbocycles. The van der Waals surface area contributed by atoms with E-state index in [1.165, 1.54) is 24.8 Å². The molecule has 2 aliphatic heterocycles. The van der Waals surface area contributed by atoms with E-state index < -0.39 is 12.0 Å². The molecule has 37 heavy (non-hydrogen) atoms. The molecule has 0 radical (unpaired) electrons. The Balaban J connectivity index is 1.61. The predicted molar refractivity (Wildman–Crippen MR) is 141 cm³/mol. The van der Waals surface area contributed by atoms with Crippen LogP contribution in [0, 0.1) is 0 Å². The Bertz CT molecular complexity index is 1330. The summed E-state index contributed by atoms with van der Waals surface area (Å²) in [5, 5.41) is 11.0. The number of carboxylic acid groups (broad SMARTS) is 1. The maximum absolute atomic E-state index is 14.1. The third kappa shape index (κ3) is 4.09. The van der Waals surface area contributed by atoms with Crippen molar-refractivity contribution in [2.24, 2.45) is 0 Å². The van der Waals surface area contributed by atoms with Crippen molar-refractivity contribution in [1.29, 1.82) is 0 Å². The molecular weight excluding hydrogens is 468 g/mol. The molecule has 0 spiro atoms. The zero-order valence-electron chi connectivity index (χ0n) is 21.5. The zero-order chi connectivity index (χ0) is 25.7. The van der Waals surface area contributed by atoms with Gasteiger partial charge in [-0.15, -0.1) is 0 Å². The van der Waals surface area contributed by atoms with E-state index in [4.69, 9.17) is 9.47 Å². The van der Waals surface area contributed by atoms with Gasteiger partial charge in [0.25, 0.3) is 0 Å². The number of ether oxygens (including phenoxy) is 2.